The molecule has 4 heteroatoms. The number of hydrogen-bond donors (Lipinski definition) is 0. The van der Waals surface area contributed by atoms with E-state index in [-0.39, 0.29) is 0 Å². The van der Waals surface area contributed by atoms with Crippen LogP contribution in [-0.2, 0) is 0 Å². The third-order valence-corrected chi connectivity index (χ3v) is 2.23. The van der Waals surface area contributed by atoms with E-state index in [4.69, 9.17) is 0 Å². The Bertz CT molecular complexity index is 422. The Morgan fingerprint density at radius 2 is 2.23 bits per heavy atom. The second-order valence-corrected chi connectivity index (χ2v) is 3.62. The van der Waals surface area contributed by atoms with Gasteiger partial charge in [0.2, 0.25) is 0 Å². The summed E-state index contributed by atoms with van der Waals surface area (Å²) in [7, 11) is 0. The van der Waals surface area contributed by atoms with Gasteiger partial charge in [-0.25, -0.2) is 4.98 Å². The summed E-state index contributed by atoms with van der Waals surface area (Å²) in [5.74, 6) is 0.958. The molecule has 0 fully saturated rings. The molecule has 13 heavy (non-hydrogen) atoms. The molecule has 0 aliphatic carbocycles. The van der Waals surface area contributed by atoms with Crippen LogP contribution in [0, 0.1) is 6.92 Å². The van der Waals surface area contributed by atoms with E-state index in [1.54, 1.807) is 18.6 Å². The lowest BCUT2D eigenvalue weighted by Crippen LogP contribution is -1.95. The number of nitrogens with zero attached hydrogens (tertiary/aromatic N) is 3. The Morgan fingerprint density at radius 3 is 2.85 bits per heavy atom. The minimum atomic E-state index is 0.958. The van der Waals surface area contributed by atoms with Crippen LogP contribution in [0.25, 0.3) is 5.69 Å². The zero-order chi connectivity index (χ0) is 9.26. The van der Waals surface area contributed by atoms with E-state index in [9.17, 15) is 0 Å². The molecule has 0 aliphatic rings. The maximum atomic E-state index is 4.14. The predicted octanol–water partition coefficient (Wildman–Crippen LogP) is 2.34. The van der Waals surface area contributed by atoms with E-state index in [0.717, 1.165) is 16.0 Å². The molecule has 0 radical (unpaired) electrons. The lowest BCUT2D eigenvalue weighted by atomic mass is 10.4. The first-order chi connectivity index (χ1) is 6.27. The summed E-state index contributed by atoms with van der Waals surface area (Å²) in [6, 6.07) is 2.00. The molecule has 0 spiro atoms. The normalized spacial score (nSPS) is 10.3. The van der Waals surface area contributed by atoms with Crippen molar-refractivity contribution in [1.82, 2.24) is 14.5 Å². The van der Waals surface area contributed by atoms with E-state index in [2.05, 4.69) is 25.9 Å². The van der Waals surface area contributed by atoms with Crippen LogP contribution in [0.1, 0.15) is 5.82 Å². The first-order valence-electron chi connectivity index (χ1n) is 3.88. The van der Waals surface area contributed by atoms with Gasteiger partial charge in [0, 0.05) is 23.1 Å². The predicted molar refractivity (Wildman–Crippen MR) is 53.8 cm³/mol. The van der Waals surface area contributed by atoms with Gasteiger partial charge in [0.15, 0.2) is 0 Å². The molecule has 0 aromatic carbocycles. The smallest absolute Gasteiger partial charge is 0.110 e. The molecule has 2 rings (SSSR count). The van der Waals surface area contributed by atoms with Crippen LogP contribution in [0.3, 0.4) is 0 Å². The highest BCUT2D eigenvalue weighted by Gasteiger charge is 2.00. The number of halogens is 1. The number of aromatic nitrogens is 3. The Kier molecular flexibility index (Phi) is 2.14. The van der Waals surface area contributed by atoms with Crippen LogP contribution in [0.4, 0.5) is 0 Å². The molecule has 66 valence electrons. The molecule has 0 amide bonds. The minimum absolute atomic E-state index is 0.958. The molecule has 2 aromatic rings. The minimum Gasteiger partial charge on any atom is -0.302 e. The maximum Gasteiger partial charge on any atom is 0.110 e. The fraction of sp³-hybridized carbons (Fsp3) is 0.111. The Balaban J connectivity index is 2.53. The fourth-order valence-electron chi connectivity index (χ4n) is 1.18. The average molecular weight is 238 g/mol. The lowest BCUT2D eigenvalue weighted by Gasteiger charge is -2.03. The summed E-state index contributed by atoms with van der Waals surface area (Å²) in [6.07, 6.45) is 7.25. The summed E-state index contributed by atoms with van der Waals surface area (Å²) < 4.78 is 2.95. The SMILES string of the molecule is Cc1nccn1-c1cncc(Br)c1. The number of imidazole rings is 1. The highest BCUT2D eigenvalue weighted by Crippen LogP contribution is 2.14. The van der Waals surface area contributed by atoms with Crippen molar-refractivity contribution in [1.29, 1.82) is 0 Å². The van der Waals surface area contributed by atoms with Gasteiger partial charge in [-0.2, -0.15) is 0 Å². The maximum absolute atomic E-state index is 4.14. The largest absolute Gasteiger partial charge is 0.302 e. The molecule has 0 unspecified atom stereocenters. The van der Waals surface area contributed by atoms with Crippen molar-refractivity contribution in [3.63, 3.8) is 0 Å². The van der Waals surface area contributed by atoms with Gasteiger partial charge in [0.05, 0.1) is 11.9 Å². The molecule has 0 saturated carbocycles. The lowest BCUT2D eigenvalue weighted by molar-refractivity contribution is 0.963. The van der Waals surface area contributed by atoms with Gasteiger partial charge >= 0.3 is 0 Å². The van der Waals surface area contributed by atoms with Gasteiger partial charge in [0.25, 0.3) is 0 Å². The second-order valence-electron chi connectivity index (χ2n) is 2.71. The summed E-state index contributed by atoms with van der Waals surface area (Å²) in [4.78, 5) is 8.23. The fourth-order valence-corrected chi connectivity index (χ4v) is 1.54. The van der Waals surface area contributed by atoms with Crippen molar-refractivity contribution in [2.24, 2.45) is 0 Å². The molecular formula is C9H8BrN3. The molecule has 0 atom stereocenters. The monoisotopic (exact) mass is 237 g/mol. The summed E-state index contributed by atoms with van der Waals surface area (Å²) in [5, 5.41) is 0. The van der Waals surface area contributed by atoms with Crippen molar-refractivity contribution in [2.75, 3.05) is 0 Å². The number of pyridine rings is 1. The first kappa shape index (κ1) is 8.44. The number of hydrogen-bond acceptors (Lipinski definition) is 2. The molecule has 3 nitrogen and oxygen atoms in total. The van der Waals surface area contributed by atoms with Gasteiger partial charge in [-0.15, -0.1) is 0 Å². The van der Waals surface area contributed by atoms with Crippen molar-refractivity contribution >= 4 is 15.9 Å². The van der Waals surface area contributed by atoms with E-state index in [1.165, 1.54) is 0 Å². The number of rotatable bonds is 1. The zero-order valence-electron chi connectivity index (χ0n) is 7.11. The average Bonchev–Trinajstić information content (AvgIpc) is 2.51. The quantitative estimate of drug-likeness (QED) is 0.763. The summed E-state index contributed by atoms with van der Waals surface area (Å²) >= 11 is 3.38. The third-order valence-electron chi connectivity index (χ3n) is 1.79. The molecule has 0 saturated heterocycles. The van der Waals surface area contributed by atoms with Crippen molar-refractivity contribution in [3.05, 3.63) is 41.2 Å². The van der Waals surface area contributed by atoms with Crippen LogP contribution in [0.5, 0.6) is 0 Å². The van der Waals surface area contributed by atoms with Crippen molar-refractivity contribution in [2.45, 2.75) is 6.92 Å². The van der Waals surface area contributed by atoms with Gasteiger partial charge in [-0.1, -0.05) is 0 Å². The zero-order valence-corrected chi connectivity index (χ0v) is 8.69. The standard InChI is InChI=1S/C9H8BrN3/c1-7-12-2-3-13(7)9-4-8(10)5-11-6-9/h2-6H,1H3. The number of aryl methyl sites for hydroxylation is 1. The van der Waals surface area contributed by atoms with Crippen LogP contribution in [0.2, 0.25) is 0 Å². The Hall–Kier alpha value is -1.16. The van der Waals surface area contributed by atoms with Crippen molar-refractivity contribution < 1.29 is 0 Å². The van der Waals surface area contributed by atoms with Crippen LogP contribution in [0.15, 0.2) is 35.3 Å². The highest BCUT2D eigenvalue weighted by atomic mass is 79.9. The molecular weight excluding hydrogens is 230 g/mol. The van der Waals surface area contributed by atoms with E-state index >= 15 is 0 Å². The van der Waals surface area contributed by atoms with E-state index in [1.807, 2.05) is 23.8 Å². The topological polar surface area (TPSA) is 30.7 Å². The van der Waals surface area contributed by atoms with Gasteiger partial charge < -0.3 is 4.57 Å². The van der Waals surface area contributed by atoms with Gasteiger partial charge in [-0.05, 0) is 28.9 Å². The van der Waals surface area contributed by atoms with E-state index < -0.39 is 0 Å². The molecule has 0 aliphatic heterocycles. The molecule has 0 bridgehead atoms. The van der Waals surface area contributed by atoms with Crippen molar-refractivity contribution in [3.8, 4) is 5.69 Å². The highest BCUT2D eigenvalue weighted by molar-refractivity contribution is 9.10. The van der Waals surface area contributed by atoms with Crippen LogP contribution >= 0.6 is 15.9 Å². The second kappa shape index (κ2) is 3.30. The Labute approximate surface area is 84.6 Å². The van der Waals surface area contributed by atoms with Gasteiger partial charge in [0.1, 0.15) is 5.82 Å². The molecule has 2 heterocycles. The first-order valence-corrected chi connectivity index (χ1v) is 4.67. The van der Waals surface area contributed by atoms with Gasteiger partial charge in [-0.3, -0.25) is 4.98 Å². The molecule has 2 aromatic heterocycles. The van der Waals surface area contributed by atoms with Crippen LogP contribution < -0.4 is 0 Å². The molecule has 0 N–H and O–H groups in total. The Morgan fingerprint density at radius 1 is 1.38 bits per heavy atom. The van der Waals surface area contributed by atoms with Crippen LogP contribution in [-0.4, -0.2) is 14.5 Å². The van der Waals surface area contributed by atoms with E-state index in [0.29, 0.717) is 0 Å². The summed E-state index contributed by atoms with van der Waals surface area (Å²) in [5.41, 5.74) is 1.02. The third kappa shape index (κ3) is 1.62. The summed E-state index contributed by atoms with van der Waals surface area (Å²) in [6.45, 7) is 1.96.